The van der Waals surface area contributed by atoms with E-state index in [4.69, 9.17) is 9.47 Å². The Morgan fingerprint density at radius 1 is 0.889 bits per heavy atom. The zero-order chi connectivity index (χ0) is 33.1. The van der Waals surface area contributed by atoms with E-state index in [0.717, 1.165) is 50.9 Å². The van der Waals surface area contributed by atoms with E-state index < -0.39 is 24.8 Å². The summed E-state index contributed by atoms with van der Waals surface area (Å²) in [6.07, 6.45) is 28.2. The summed E-state index contributed by atoms with van der Waals surface area (Å²) < 4.78 is 10.5. The second kappa shape index (κ2) is 26.9. The Labute approximate surface area is 273 Å². The highest BCUT2D eigenvalue weighted by Gasteiger charge is 2.27. The van der Waals surface area contributed by atoms with Crippen molar-refractivity contribution in [1.29, 1.82) is 0 Å². The first kappa shape index (κ1) is 40.8. The first-order chi connectivity index (χ1) is 21.8. The Balaban J connectivity index is 2.13. The van der Waals surface area contributed by atoms with E-state index in [1.165, 1.54) is 44.9 Å². The molecule has 7 nitrogen and oxygen atoms in total. The van der Waals surface area contributed by atoms with Crippen LogP contribution in [0.2, 0.25) is 0 Å². The number of aliphatic hydroxyl groups is 2. The van der Waals surface area contributed by atoms with Crippen molar-refractivity contribution in [3.05, 3.63) is 36.5 Å². The summed E-state index contributed by atoms with van der Waals surface area (Å²) >= 11 is 0. The first-order valence-electron chi connectivity index (χ1n) is 18.0. The van der Waals surface area contributed by atoms with E-state index in [1.807, 2.05) is 24.3 Å². The van der Waals surface area contributed by atoms with Crippen LogP contribution in [0.3, 0.4) is 0 Å². The second-order valence-corrected chi connectivity index (χ2v) is 12.9. The number of allylic oxidation sites excluding steroid dienone is 5. The smallest absolute Gasteiger partial charge is 0.306 e. The third kappa shape index (κ3) is 21.2. The van der Waals surface area contributed by atoms with Crippen molar-refractivity contribution in [2.45, 2.75) is 155 Å². The average molecular weight is 633 g/mol. The predicted molar refractivity (Wildman–Crippen MR) is 182 cm³/mol. The van der Waals surface area contributed by atoms with Crippen LogP contribution in [0.1, 0.15) is 143 Å². The molecule has 5 atom stereocenters. The molecule has 1 rings (SSSR count). The highest BCUT2D eigenvalue weighted by Crippen LogP contribution is 2.27. The lowest BCUT2D eigenvalue weighted by molar-refractivity contribution is -0.161. The highest BCUT2D eigenvalue weighted by atomic mass is 16.6. The summed E-state index contributed by atoms with van der Waals surface area (Å²) in [5, 5.41) is 19.7. The maximum absolute atomic E-state index is 12.3. The molecule has 0 bridgehead atoms. The fourth-order valence-corrected chi connectivity index (χ4v) is 5.46. The first-order valence-corrected chi connectivity index (χ1v) is 18.0. The number of carbonyl (C=O) groups excluding carboxylic acids is 3. The molecule has 0 fully saturated rings. The summed E-state index contributed by atoms with van der Waals surface area (Å²) in [5.41, 5.74) is 0. The molecule has 0 amide bonds. The summed E-state index contributed by atoms with van der Waals surface area (Å²) in [7, 11) is 0. The van der Waals surface area contributed by atoms with Gasteiger partial charge in [-0.2, -0.15) is 0 Å². The van der Waals surface area contributed by atoms with Gasteiger partial charge in [-0.1, -0.05) is 128 Å². The molecular weight excluding hydrogens is 568 g/mol. The number of aliphatic hydroxyl groups excluding tert-OH is 2. The van der Waals surface area contributed by atoms with Crippen molar-refractivity contribution in [2.75, 3.05) is 13.2 Å². The van der Waals surface area contributed by atoms with Crippen LogP contribution in [0.5, 0.6) is 0 Å². The van der Waals surface area contributed by atoms with Crippen LogP contribution in [0, 0.1) is 17.8 Å². The Kier molecular flexibility index (Phi) is 24.4. The fraction of sp³-hybridized carbons (Fsp3) is 0.763. The highest BCUT2D eigenvalue weighted by molar-refractivity contribution is 5.95. The van der Waals surface area contributed by atoms with E-state index in [1.54, 1.807) is 12.2 Å². The molecule has 0 radical (unpaired) electrons. The maximum Gasteiger partial charge on any atom is 0.306 e. The third-order valence-corrected chi connectivity index (χ3v) is 8.72. The lowest BCUT2D eigenvalue weighted by Crippen LogP contribution is -2.28. The van der Waals surface area contributed by atoms with Crippen LogP contribution >= 0.6 is 0 Å². The number of carbonyl (C=O) groups is 3. The van der Waals surface area contributed by atoms with Crippen molar-refractivity contribution in [1.82, 2.24) is 0 Å². The minimum atomic E-state index is -0.848. The SMILES string of the molecule is CCCCC[C@H](O)/C=C/[C@H]1C(=O)C=C[C@@H]1C/C=C\CCCC(=O)O[C@@H](CO)COC(=O)CCCCCCCCCCC(C)CC. The van der Waals surface area contributed by atoms with Gasteiger partial charge in [-0.15, -0.1) is 0 Å². The van der Waals surface area contributed by atoms with Gasteiger partial charge in [0.25, 0.3) is 0 Å². The van der Waals surface area contributed by atoms with Crippen LogP contribution in [-0.4, -0.2) is 53.4 Å². The Bertz CT molecular complexity index is 877. The molecule has 1 aliphatic carbocycles. The molecule has 0 saturated carbocycles. The van der Waals surface area contributed by atoms with E-state index in [9.17, 15) is 24.6 Å². The predicted octanol–water partition coefficient (Wildman–Crippen LogP) is 8.37. The summed E-state index contributed by atoms with van der Waals surface area (Å²) in [6.45, 7) is 6.18. The molecule has 1 unspecified atom stereocenters. The number of rotatable bonds is 28. The molecule has 2 N–H and O–H groups in total. The van der Waals surface area contributed by atoms with E-state index in [0.29, 0.717) is 25.7 Å². The summed E-state index contributed by atoms with van der Waals surface area (Å²) in [5.74, 6) is 0.00255. The summed E-state index contributed by atoms with van der Waals surface area (Å²) in [6, 6.07) is 0. The average Bonchev–Trinajstić information content (AvgIpc) is 3.39. The third-order valence-electron chi connectivity index (χ3n) is 8.72. The molecule has 0 aromatic rings. The molecule has 0 aromatic heterocycles. The molecular formula is C38H64O7. The van der Waals surface area contributed by atoms with Crippen molar-refractivity contribution in [3.63, 3.8) is 0 Å². The van der Waals surface area contributed by atoms with Crippen molar-refractivity contribution >= 4 is 17.7 Å². The van der Waals surface area contributed by atoms with Gasteiger partial charge in [0.15, 0.2) is 11.9 Å². The molecule has 1 aliphatic rings. The largest absolute Gasteiger partial charge is 0.462 e. The van der Waals surface area contributed by atoms with Crippen molar-refractivity contribution in [2.24, 2.45) is 17.8 Å². The maximum atomic E-state index is 12.3. The Morgan fingerprint density at radius 2 is 1.56 bits per heavy atom. The van der Waals surface area contributed by atoms with Crippen molar-refractivity contribution < 1.29 is 34.1 Å². The van der Waals surface area contributed by atoms with Gasteiger partial charge in [0.2, 0.25) is 0 Å². The molecule has 0 saturated heterocycles. The van der Waals surface area contributed by atoms with E-state index >= 15 is 0 Å². The normalized spacial score (nSPS) is 18.6. The Hall–Kier alpha value is -2.25. The number of unbranched alkanes of at least 4 members (excludes halogenated alkanes) is 10. The molecule has 7 heteroatoms. The monoisotopic (exact) mass is 632 g/mol. The number of hydrogen-bond donors (Lipinski definition) is 2. The standard InChI is InChI=1S/C38H64O7/c1-4-6-15-22-33(40)26-27-35-32(25-28-36(35)41)21-17-13-14-19-24-38(43)45-34(29-39)30-44-37(42)23-18-12-10-8-7-9-11-16-20-31(3)5-2/h13,17,25-28,31-35,39-40H,4-12,14-16,18-24,29-30H2,1-3H3/b17-13-,27-26+/t31?,32-,33-,34-,35+/m0/s1. The Morgan fingerprint density at radius 3 is 2.24 bits per heavy atom. The molecule has 258 valence electrons. The zero-order valence-corrected chi connectivity index (χ0v) is 28.6. The van der Waals surface area contributed by atoms with Gasteiger partial charge in [-0.25, -0.2) is 0 Å². The van der Waals surface area contributed by atoms with E-state index in [2.05, 4.69) is 20.8 Å². The van der Waals surface area contributed by atoms with Gasteiger partial charge in [-0.05, 0) is 50.0 Å². The zero-order valence-electron chi connectivity index (χ0n) is 28.6. The molecule has 0 heterocycles. The van der Waals surface area contributed by atoms with Crippen LogP contribution in [0.15, 0.2) is 36.5 Å². The minimum absolute atomic E-state index is 0.0705. The van der Waals surface area contributed by atoms with E-state index in [-0.39, 0.29) is 36.6 Å². The number of hydrogen-bond acceptors (Lipinski definition) is 7. The van der Waals surface area contributed by atoms with Gasteiger partial charge in [0, 0.05) is 18.8 Å². The minimum Gasteiger partial charge on any atom is -0.462 e. The molecule has 45 heavy (non-hydrogen) atoms. The van der Waals surface area contributed by atoms with Gasteiger partial charge in [0.05, 0.1) is 12.7 Å². The van der Waals surface area contributed by atoms with Gasteiger partial charge >= 0.3 is 11.9 Å². The molecule has 0 aromatic carbocycles. The topological polar surface area (TPSA) is 110 Å². The fourth-order valence-electron chi connectivity index (χ4n) is 5.46. The van der Waals surface area contributed by atoms with Crippen LogP contribution in [-0.2, 0) is 23.9 Å². The van der Waals surface area contributed by atoms with Crippen LogP contribution < -0.4 is 0 Å². The van der Waals surface area contributed by atoms with Gasteiger partial charge < -0.3 is 19.7 Å². The quantitative estimate of drug-likeness (QED) is 0.0507. The molecule has 0 spiro atoms. The lowest BCUT2D eigenvalue weighted by Gasteiger charge is -2.15. The second-order valence-electron chi connectivity index (χ2n) is 12.9. The van der Waals surface area contributed by atoms with Crippen LogP contribution in [0.25, 0.3) is 0 Å². The van der Waals surface area contributed by atoms with Crippen molar-refractivity contribution in [3.8, 4) is 0 Å². The van der Waals surface area contributed by atoms with Crippen LogP contribution in [0.4, 0.5) is 0 Å². The number of ketones is 1. The van der Waals surface area contributed by atoms with Gasteiger partial charge in [0.1, 0.15) is 6.61 Å². The number of esters is 2. The molecule has 0 aliphatic heterocycles. The summed E-state index contributed by atoms with van der Waals surface area (Å²) in [4.78, 5) is 36.5. The number of ether oxygens (including phenoxy) is 2. The van der Waals surface area contributed by atoms with Gasteiger partial charge in [-0.3, -0.25) is 14.4 Å². The lowest BCUT2D eigenvalue weighted by atomic mass is 9.90.